The fourth-order valence-corrected chi connectivity index (χ4v) is 5.15. The summed E-state index contributed by atoms with van der Waals surface area (Å²) in [5.74, 6) is -1.44. The van der Waals surface area contributed by atoms with E-state index in [1.165, 1.54) is 41.6 Å². The van der Waals surface area contributed by atoms with Gasteiger partial charge in [-0.15, -0.1) is 0 Å². The average Bonchev–Trinajstić information content (AvgIpc) is 3.35. The fraction of sp³-hybridized carbons (Fsp3) is 0.261. The first-order chi connectivity index (χ1) is 15.8. The third kappa shape index (κ3) is 4.81. The summed E-state index contributed by atoms with van der Waals surface area (Å²) >= 11 is 0. The number of sulfonamides is 1. The molecule has 3 aromatic rings. The number of nitrogens with one attached hydrogen (secondary N) is 2. The van der Waals surface area contributed by atoms with Crippen molar-refractivity contribution in [3.63, 3.8) is 0 Å². The van der Waals surface area contributed by atoms with Crippen LogP contribution in [0, 0.1) is 0 Å². The van der Waals surface area contributed by atoms with Gasteiger partial charge in [-0.1, -0.05) is 18.2 Å². The van der Waals surface area contributed by atoms with Crippen molar-refractivity contribution in [3.8, 4) is 0 Å². The molecule has 1 aliphatic heterocycles. The van der Waals surface area contributed by atoms with E-state index >= 15 is 0 Å². The molecular formula is C23H23N3O6S. The average molecular weight is 470 g/mol. The second kappa shape index (κ2) is 9.16. The molecule has 1 saturated heterocycles. The summed E-state index contributed by atoms with van der Waals surface area (Å²) in [4.78, 5) is 39.7. The van der Waals surface area contributed by atoms with E-state index < -0.39 is 33.6 Å². The first-order valence-corrected chi connectivity index (χ1v) is 11.9. The Balaban J connectivity index is 1.40. The molecule has 1 amide bonds. The number of aromatic amines is 1. The van der Waals surface area contributed by atoms with Crippen LogP contribution in [0.15, 0.2) is 64.3 Å². The first kappa shape index (κ1) is 22.7. The molecule has 1 fully saturated rings. The van der Waals surface area contributed by atoms with E-state index in [1.807, 2.05) is 0 Å². The molecule has 0 radical (unpaired) electrons. The Labute approximate surface area is 190 Å². The molecule has 1 aliphatic rings. The quantitative estimate of drug-likeness (QED) is 0.534. The Morgan fingerprint density at radius 2 is 1.73 bits per heavy atom. The number of carbonyl (C=O) groups excluding carboxylic acids is 2. The molecular weight excluding hydrogens is 446 g/mol. The monoisotopic (exact) mass is 469 g/mol. The highest BCUT2D eigenvalue weighted by atomic mass is 32.2. The van der Waals surface area contributed by atoms with Gasteiger partial charge in [0.05, 0.1) is 4.90 Å². The molecule has 33 heavy (non-hydrogen) atoms. The first-order valence-electron chi connectivity index (χ1n) is 10.5. The molecule has 0 spiro atoms. The molecule has 10 heteroatoms. The molecule has 0 bridgehead atoms. The van der Waals surface area contributed by atoms with Crippen molar-refractivity contribution in [1.82, 2.24) is 9.29 Å². The molecule has 1 aromatic heterocycles. The Bertz CT molecular complexity index is 1360. The van der Waals surface area contributed by atoms with E-state index in [0.29, 0.717) is 29.5 Å². The Morgan fingerprint density at radius 1 is 1.06 bits per heavy atom. The maximum absolute atomic E-state index is 12.6. The number of esters is 1. The minimum atomic E-state index is -3.54. The molecule has 2 aromatic carbocycles. The third-order valence-corrected chi connectivity index (χ3v) is 7.36. The van der Waals surface area contributed by atoms with Crippen molar-refractivity contribution in [2.75, 3.05) is 18.4 Å². The number of aromatic nitrogens is 1. The van der Waals surface area contributed by atoms with E-state index in [9.17, 15) is 22.8 Å². The van der Waals surface area contributed by atoms with Crippen LogP contribution in [0.1, 0.15) is 30.3 Å². The molecule has 2 N–H and O–H groups in total. The van der Waals surface area contributed by atoms with Gasteiger partial charge in [0, 0.05) is 24.2 Å². The zero-order chi connectivity index (χ0) is 23.6. The van der Waals surface area contributed by atoms with Gasteiger partial charge in [-0.2, -0.15) is 4.31 Å². The van der Waals surface area contributed by atoms with Crippen LogP contribution >= 0.6 is 0 Å². The molecule has 1 atom stereocenters. The lowest BCUT2D eigenvalue weighted by Gasteiger charge is -2.16. The number of benzene rings is 2. The van der Waals surface area contributed by atoms with Crippen molar-refractivity contribution >= 4 is 38.4 Å². The number of carbonyl (C=O) groups is 2. The van der Waals surface area contributed by atoms with Gasteiger partial charge >= 0.3 is 5.97 Å². The number of ether oxygens (including phenoxy) is 1. The lowest BCUT2D eigenvalue weighted by atomic mass is 10.1. The van der Waals surface area contributed by atoms with Gasteiger partial charge in [-0.05, 0) is 61.5 Å². The number of anilines is 1. The van der Waals surface area contributed by atoms with Gasteiger partial charge in [0.25, 0.3) is 11.5 Å². The Kier molecular flexibility index (Phi) is 6.30. The number of amides is 1. The number of hydrogen-bond donors (Lipinski definition) is 2. The van der Waals surface area contributed by atoms with Gasteiger partial charge in [0.1, 0.15) is 5.69 Å². The van der Waals surface area contributed by atoms with Crippen molar-refractivity contribution in [2.45, 2.75) is 30.8 Å². The summed E-state index contributed by atoms with van der Waals surface area (Å²) in [5.41, 5.74) is -0.127. The van der Waals surface area contributed by atoms with Crippen molar-refractivity contribution in [3.05, 3.63) is 70.6 Å². The van der Waals surface area contributed by atoms with Crippen LogP contribution in [0.3, 0.4) is 0 Å². The molecule has 4 rings (SSSR count). The highest BCUT2D eigenvalue weighted by Crippen LogP contribution is 2.22. The minimum Gasteiger partial charge on any atom is -0.448 e. The number of hydrogen-bond acceptors (Lipinski definition) is 6. The summed E-state index contributed by atoms with van der Waals surface area (Å²) in [6.45, 7) is 2.41. The van der Waals surface area contributed by atoms with Crippen molar-refractivity contribution in [2.24, 2.45) is 0 Å². The lowest BCUT2D eigenvalue weighted by molar-refractivity contribution is -0.123. The maximum atomic E-state index is 12.6. The summed E-state index contributed by atoms with van der Waals surface area (Å²) in [6.07, 6.45) is 0.536. The fourth-order valence-electron chi connectivity index (χ4n) is 3.63. The second-order valence-corrected chi connectivity index (χ2v) is 9.71. The largest absolute Gasteiger partial charge is 0.448 e. The van der Waals surface area contributed by atoms with E-state index in [0.717, 1.165) is 12.8 Å². The molecule has 0 aliphatic carbocycles. The van der Waals surface area contributed by atoms with Crippen LogP contribution in [0.4, 0.5) is 5.69 Å². The van der Waals surface area contributed by atoms with Gasteiger partial charge < -0.3 is 15.0 Å². The molecule has 2 heterocycles. The predicted octanol–water partition coefficient (Wildman–Crippen LogP) is 2.50. The zero-order valence-electron chi connectivity index (χ0n) is 17.9. The van der Waals surface area contributed by atoms with Crippen LogP contribution in [0.2, 0.25) is 0 Å². The van der Waals surface area contributed by atoms with E-state index in [1.54, 1.807) is 24.3 Å². The maximum Gasteiger partial charge on any atom is 0.355 e. The summed E-state index contributed by atoms with van der Waals surface area (Å²) < 4.78 is 31.8. The van der Waals surface area contributed by atoms with Crippen LogP contribution in [-0.2, 0) is 19.6 Å². The van der Waals surface area contributed by atoms with Crippen LogP contribution in [-0.4, -0.2) is 48.8 Å². The lowest BCUT2D eigenvalue weighted by Crippen LogP contribution is -2.31. The highest BCUT2D eigenvalue weighted by Gasteiger charge is 2.27. The molecule has 9 nitrogen and oxygen atoms in total. The Morgan fingerprint density at radius 3 is 2.42 bits per heavy atom. The van der Waals surface area contributed by atoms with E-state index in [2.05, 4.69) is 10.3 Å². The van der Waals surface area contributed by atoms with Gasteiger partial charge in [-0.3, -0.25) is 9.59 Å². The van der Waals surface area contributed by atoms with Gasteiger partial charge in [0.2, 0.25) is 10.0 Å². The topological polar surface area (TPSA) is 126 Å². The third-order valence-electron chi connectivity index (χ3n) is 5.45. The smallest absolute Gasteiger partial charge is 0.355 e. The molecule has 1 unspecified atom stereocenters. The molecule has 0 saturated carbocycles. The number of rotatable bonds is 6. The highest BCUT2D eigenvalue weighted by molar-refractivity contribution is 7.89. The number of fused-ring (bicyclic) bond motifs is 1. The summed E-state index contributed by atoms with van der Waals surface area (Å²) in [6, 6.07) is 14.1. The van der Waals surface area contributed by atoms with Crippen molar-refractivity contribution in [1.29, 1.82) is 0 Å². The second-order valence-electron chi connectivity index (χ2n) is 7.77. The Hall–Kier alpha value is -3.50. The SMILES string of the molecule is CC(OC(=O)c1cc2ccccc2c(=O)[nH]1)C(=O)Nc1ccc(S(=O)(=O)N2CCCC2)cc1. The minimum absolute atomic E-state index is 0.0603. The normalized spacial score (nSPS) is 15.3. The summed E-state index contributed by atoms with van der Waals surface area (Å²) in [5, 5.41) is 3.61. The predicted molar refractivity (Wildman–Crippen MR) is 123 cm³/mol. The van der Waals surface area contributed by atoms with E-state index in [4.69, 9.17) is 4.74 Å². The van der Waals surface area contributed by atoms with Crippen molar-refractivity contribution < 1.29 is 22.7 Å². The van der Waals surface area contributed by atoms with Crippen LogP contribution in [0.25, 0.3) is 10.8 Å². The van der Waals surface area contributed by atoms with E-state index in [-0.39, 0.29) is 10.6 Å². The summed E-state index contributed by atoms with van der Waals surface area (Å²) in [7, 11) is -3.54. The van der Waals surface area contributed by atoms with Crippen LogP contribution in [0.5, 0.6) is 0 Å². The zero-order valence-corrected chi connectivity index (χ0v) is 18.7. The number of H-pyrrole nitrogens is 1. The van der Waals surface area contributed by atoms with Crippen LogP contribution < -0.4 is 10.9 Å². The van der Waals surface area contributed by atoms with Gasteiger partial charge in [-0.25, -0.2) is 13.2 Å². The van der Waals surface area contributed by atoms with Gasteiger partial charge in [0.15, 0.2) is 6.10 Å². The number of pyridine rings is 1. The number of nitrogens with zero attached hydrogens (tertiary/aromatic N) is 1. The standard InChI is InChI=1S/C23H23N3O6S/c1-15(32-23(29)20-14-16-6-2-3-7-19(16)22(28)25-20)21(27)24-17-8-10-18(11-9-17)33(30,31)26-12-4-5-13-26/h2-3,6-11,14-15H,4-5,12-13H2,1H3,(H,24,27)(H,25,28). The molecule has 172 valence electrons.